The molecule has 0 aliphatic rings. The molecule has 0 unspecified atom stereocenters. The van der Waals surface area contributed by atoms with Gasteiger partial charge in [-0.1, -0.05) is 13.8 Å². The molecule has 16 nitrogen and oxygen atoms in total. The van der Waals surface area contributed by atoms with Crippen molar-refractivity contribution in [2.75, 3.05) is 13.1 Å². The van der Waals surface area contributed by atoms with Gasteiger partial charge in [-0.15, -0.1) is 0 Å². The van der Waals surface area contributed by atoms with E-state index in [-0.39, 0.29) is 56.6 Å². The van der Waals surface area contributed by atoms with Crippen molar-refractivity contribution in [3.63, 3.8) is 0 Å². The topological polar surface area (TPSA) is 300 Å². The predicted molar refractivity (Wildman–Crippen MR) is 142 cm³/mol. The molecule has 0 fully saturated rings. The fraction of sp³-hybridized carbons (Fsp3) is 0.727. The quantitative estimate of drug-likeness (QED) is 0.0456. The van der Waals surface area contributed by atoms with Crippen molar-refractivity contribution in [2.24, 2.45) is 44.6 Å². The van der Waals surface area contributed by atoms with Crippen molar-refractivity contribution in [2.45, 2.75) is 83.1 Å². The van der Waals surface area contributed by atoms with Crippen LogP contribution in [-0.2, 0) is 19.2 Å². The van der Waals surface area contributed by atoms with Gasteiger partial charge in [0.2, 0.25) is 17.7 Å². The molecule has 0 saturated heterocycles. The van der Waals surface area contributed by atoms with Crippen molar-refractivity contribution in [1.29, 1.82) is 0 Å². The predicted octanol–water partition coefficient (Wildman–Crippen LogP) is -3.61. The van der Waals surface area contributed by atoms with Crippen molar-refractivity contribution in [1.82, 2.24) is 16.0 Å². The third kappa shape index (κ3) is 14.8. The molecular formula is C22H44N10O6. The van der Waals surface area contributed by atoms with Gasteiger partial charge in [0.25, 0.3) is 0 Å². The maximum Gasteiger partial charge on any atom is 0.326 e. The molecule has 0 saturated carbocycles. The van der Waals surface area contributed by atoms with Crippen LogP contribution >= 0.6 is 0 Å². The van der Waals surface area contributed by atoms with Crippen LogP contribution in [0.15, 0.2) is 9.98 Å². The van der Waals surface area contributed by atoms with Gasteiger partial charge in [0.15, 0.2) is 11.9 Å². The number of nitrogens with zero attached hydrogens (tertiary/aromatic N) is 2. The molecule has 15 N–H and O–H groups in total. The minimum atomic E-state index is -1.48. The van der Waals surface area contributed by atoms with E-state index in [1.165, 1.54) is 6.92 Å². The lowest BCUT2D eigenvalue weighted by Crippen LogP contribution is -2.59. The number of aliphatic hydroxyl groups excluding tert-OH is 1. The first-order valence-corrected chi connectivity index (χ1v) is 12.3. The van der Waals surface area contributed by atoms with Crippen molar-refractivity contribution >= 4 is 35.6 Å². The first-order chi connectivity index (χ1) is 17.6. The highest BCUT2D eigenvalue weighted by Gasteiger charge is 2.32. The second-order valence-corrected chi connectivity index (χ2v) is 9.32. The second-order valence-electron chi connectivity index (χ2n) is 9.32. The minimum absolute atomic E-state index is 0.0375. The molecule has 0 spiro atoms. The summed E-state index contributed by atoms with van der Waals surface area (Å²) in [6, 6.07) is -4.82. The van der Waals surface area contributed by atoms with Gasteiger partial charge in [-0.2, -0.15) is 0 Å². The fourth-order valence-electron chi connectivity index (χ4n) is 3.32. The summed E-state index contributed by atoms with van der Waals surface area (Å²) in [7, 11) is 0. The molecule has 0 bridgehead atoms. The Labute approximate surface area is 222 Å². The molecule has 218 valence electrons. The van der Waals surface area contributed by atoms with Gasteiger partial charge in [-0.3, -0.25) is 24.4 Å². The average Bonchev–Trinajstić information content (AvgIpc) is 2.80. The lowest BCUT2D eigenvalue weighted by Gasteiger charge is -2.27. The maximum absolute atomic E-state index is 13.1. The highest BCUT2D eigenvalue weighted by Crippen LogP contribution is 2.07. The molecule has 0 aromatic carbocycles. The lowest BCUT2D eigenvalue weighted by molar-refractivity contribution is -0.143. The zero-order valence-electron chi connectivity index (χ0n) is 22.2. The Morgan fingerprint density at radius 3 is 1.71 bits per heavy atom. The van der Waals surface area contributed by atoms with Crippen LogP contribution < -0.4 is 44.6 Å². The zero-order chi connectivity index (χ0) is 29.4. The SMILES string of the molecule is CC(C)C[C@H](NC(=O)[C@@H](NC(=O)[C@H](CCCN=C(N)N)NC(=O)[C@@H](N)CCCN=C(N)N)[C@@H](C)O)C(=O)O. The second kappa shape index (κ2) is 17.7. The Morgan fingerprint density at radius 1 is 0.763 bits per heavy atom. The third-order valence-electron chi connectivity index (χ3n) is 5.27. The number of aliphatic carboxylic acids is 1. The summed E-state index contributed by atoms with van der Waals surface area (Å²) >= 11 is 0. The first-order valence-electron chi connectivity index (χ1n) is 12.3. The summed E-state index contributed by atoms with van der Waals surface area (Å²) in [6.45, 7) is 5.28. The van der Waals surface area contributed by atoms with Crippen molar-refractivity contribution < 1.29 is 29.4 Å². The number of nitrogens with one attached hydrogen (secondary N) is 3. The van der Waals surface area contributed by atoms with Gasteiger partial charge in [-0.25, -0.2) is 4.79 Å². The summed E-state index contributed by atoms with van der Waals surface area (Å²) < 4.78 is 0. The molecule has 3 amide bonds. The van der Waals surface area contributed by atoms with Gasteiger partial charge >= 0.3 is 5.97 Å². The lowest BCUT2D eigenvalue weighted by atomic mass is 10.0. The molecule has 0 aromatic rings. The smallest absolute Gasteiger partial charge is 0.326 e. The number of hydrogen-bond acceptors (Lipinski definition) is 8. The van der Waals surface area contributed by atoms with Crippen LogP contribution in [0.25, 0.3) is 0 Å². The average molecular weight is 545 g/mol. The van der Waals surface area contributed by atoms with E-state index in [9.17, 15) is 29.4 Å². The number of aliphatic imine (C=N–C) groups is 2. The van der Waals surface area contributed by atoms with Crippen molar-refractivity contribution in [3.05, 3.63) is 0 Å². The molecule has 0 rings (SSSR count). The Kier molecular flexibility index (Phi) is 16.0. The summed E-state index contributed by atoms with van der Waals surface area (Å²) in [5.41, 5.74) is 27.1. The van der Waals surface area contributed by atoms with E-state index >= 15 is 0 Å². The minimum Gasteiger partial charge on any atom is -0.480 e. The zero-order valence-corrected chi connectivity index (χ0v) is 22.2. The standard InChI is InChI=1S/C22H44N10O6/c1-11(2)10-15(20(37)38)31-19(36)16(12(3)33)32-18(35)14(7-5-9-29-22(26)27)30-17(34)13(23)6-4-8-28-21(24)25/h11-16,33H,4-10,23H2,1-3H3,(H,30,34)(H,31,36)(H,32,35)(H,37,38)(H4,24,25,28)(H4,26,27,29)/t12-,13+,14+,15+,16+/m1/s1. The first kappa shape index (κ1) is 34.3. The molecule has 0 radical (unpaired) electrons. The Balaban J connectivity index is 5.49. The third-order valence-corrected chi connectivity index (χ3v) is 5.27. The van der Waals surface area contributed by atoms with Crippen molar-refractivity contribution in [3.8, 4) is 0 Å². The Morgan fingerprint density at radius 2 is 1.26 bits per heavy atom. The number of carboxylic acid groups (broad SMARTS) is 1. The van der Waals surface area contributed by atoms with Gasteiger partial charge in [0.05, 0.1) is 12.1 Å². The van der Waals surface area contributed by atoms with Crippen LogP contribution in [0.4, 0.5) is 0 Å². The highest BCUT2D eigenvalue weighted by atomic mass is 16.4. The Hall–Kier alpha value is -3.66. The molecule has 0 aromatic heterocycles. The van der Waals surface area contributed by atoms with E-state index < -0.39 is 54.0 Å². The number of carbonyl (C=O) groups is 4. The maximum atomic E-state index is 13.1. The highest BCUT2D eigenvalue weighted by molar-refractivity contribution is 5.94. The van der Waals surface area contributed by atoms with Gasteiger partial charge in [-0.05, 0) is 44.9 Å². The van der Waals surface area contributed by atoms with E-state index in [1.807, 2.05) is 0 Å². The largest absolute Gasteiger partial charge is 0.480 e. The van der Waals surface area contributed by atoms with Gasteiger partial charge < -0.3 is 54.8 Å². The number of nitrogens with two attached hydrogens (primary N) is 5. The molecular weight excluding hydrogens is 500 g/mol. The van der Waals surface area contributed by atoms with Crippen LogP contribution in [0.5, 0.6) is 0 Å². The van der Waals surface area contributed by atoms with Crippen LogP contribution in [0.3, 0.4) is 0 Å². The number of amides is 3. The summed E-state index contributed by atoms with van der Waals surface area (Å²) in [5.74, 6) is -3.81. The fourth-order valence-corrected chi connectivity index (χ4v) is 3.32. The number of carbonyl (C=O) groups excluding carboxylic acids is 3. The molecule has 38 heavy (non-hydrogen) atoms. The van der Waals surface area contributed by atoms with E-state index in [2.05, 4.69) is 25.9 Å². The number of rotatable bonds is 18. The van der Waals surface area contributed by atoms with Crippen LogP contribution in [0.2, 0.25) is 0 Å². The van der Waals surface area contributed by atoms with Crippen LogP contribution in [0.1, 0.15) is 52.9 Å². The van der Waals surface area contributed by atoms with E-state index in [0.29, 0.717) is 6.42 Å². The monoisotopic (exact) mass is 544 g/mol. The van der Waals surface area contributed by atoms with Gasteiger partial charge in [0.1, 0.15) is 18.1 Å². The van der Waals surface area contributed by atoms with E-state index in [1.54, 1.807) is 13.8 Å². The summed E-state index contributed by atoms with van der Waals surface area (Å²) in [4.78, 5) is 57.7. The molecule has 0 aliphatic heterocycles. The van der Waals surface area contributed by atoms with Crippen LogP contribution in [-0.4, -0.2) is 89.2 Å². The van der Waals surface area contributed by atoms with E-state index in [0.717, 1.165) is 0 Å². The van der Waals surface area contributed by atoms with E-state index in [4.69, 9.17) is 28.7 Å². The van der Waals surface area contributed by atoms with Gasteiger partial charge in [0, 0.05) is 13.1 Å². The molecule has 5 atom stereocenters. The molecule has 16 heteroatoms. The number of aliphatic hydroxyl groups is 1. The number of carboxylic acids is 1. The number of guanidine groups is 2. The molecule has 0 heterocycles. The molecule has 0 aliphatic carbocycles. The van der Waals surface area contributed by atoms with Crippen LogP contribution in [0, 0.1) is 5.92 Å². The summed E-state index contributed by atoms with van der Waals surface area (Å²) in [6.07, 6.45) is -0.213. The number of hydrogen-bond donors (Lipinski definition) is 10. The normalized spacial score (nSPS) is 14.8. The summed E-state index contributed by atoms with van der Waals surface area (Å²) in [5, 5.41) is 26.8. The Bertz CT molecular complexity index is 840.